The number of Topliss-reactive ketones (excluding diaryl/α,β-unsaturated/α-hetero) is 2. The van der Waals surface area contributed by atoms with E-state index in [4.69, 9.17) is 5.73 Å². The number of carbonyl (C=O) groups excluding carboxylic acids is 4. The number of nitrogens with zero attached hydrogens (tertiary/aromatic N) is 2. The molecule has 0 saturated heterocycles. The molecule has 0 spiro atoms. The first-order chi connectivity index (χ1) is 18.2. The number of primary amides is 1. The molecule has 4 rings (SSSR count). The molecule has 1 fully saturated rings. The molecule has 12 heteroatoms. The fourth-order valence-electron chi connectivity index (χ4n) is 6.42. The Morgan fingerprint density at radius 3 is 2.28 bits per heavy atom. The Balaban J connectivity index is 2.02. The molecule has 1 saturated carbocycles. The van der Waals surface area contributed by atoms with Gasteiger partial charge in [0.1, 0.15) is 22.8 Å². The Bertz CT molecular complexity index is 1360. The van der Waals surface area contributed by atoms with Crippen molar-refractivity contribution in [3.8, 4) is 5.75 Å². The number of hydrogen-bond acceptors (Lipinski definition) is 10. The lowest BCUT2D eigenvalue weighted by Gasteiger charge is -2.50. The number of aliphatic hydroxyl groups is 3. The summed E-state index contributed by atoms with van der Waals surface area (Å²) in [7, 11) is 3.10. The number of amides is 2. The number of phenolic OH excluding ortho intramolecular Hbond substituents is 1. The summed E-state index contributed by atoms with van der Waals surface area (Å²) in [5.74, 6) is -7.68. The van der Waals surface area contributed by atoms with Gasteiger partial charge in [0.2, 0.25) is 11.7 Å². The van der Waals surface area contributed by atoms with Gasteiger partial charge in [-0.1, -0.05) is 0 Å². The number of hydrogen-bond donors (Lipinski definition) is 6. The van der Waals surface area contributed by atoms with Crippen LogP contribution < -0.4 is 16.0 Å². The van der Waals surface area contributed by atoms with Crippen LogP contribution in [0.3, 0.4) is 0 Å². The minimum Gasteiger partial charge on any atom is -0.508 e. The zero-order valence-corrected chi connectivity index (χ0v) is 22.5. The first kappa shape index (κ1) is 28.1. The van der Waals surface area contributed by atoms with Crippen LogP contribution in [0.5, 0.6) is 5.75 Å². The number of carbonyl (C=O) groups is 4. The lowest BCUT2D eigenvalue weighted by Crippen LogP contribution is -2.65. The summed E-state index contributed by atoms with van der Waals surface area (Å²) < 4.78 is 0. The lowest BCUT2D eigenvalue weighted by atomic mass is 9.57. The lowest BCUT2D eigenvalue weighted by molar-refractivity contribution is -0.153. The van der Waals surface area contributed by atoms with Gasteiger partial charge in [-0.15, -0.1) is 0 Å². The summed E-state index contributed by atoms with van der Waals surface area (Å²) >= 11 is 0. The van der Waals surface area contributed by atoms with E-state index in [9.17, 15) is 39.6 Å². The number of benzene rings is 1. The maximum Gasteiger partial charge on any atom is 0.255 e. The second-order valence-electron chi connectivity index (χ2n) is 10.5. The highest BCUT2D eigenvalue weighted by molar-refractivity contribution is 6.24. The first-order valence-corrected chi connectivity index (χ1v) is 12.8. The number of aromatic hydroxyl groups is 1. The van der Waals surface area contributed by atoms with Crippen LogP contribution in [0.1, 0.15) is 38.3 Å². The number of nitrogens with one attached hydrogen (secondary N) is 1. The summed E-state index contributed by atoms with van der Waals surface area (Å²) in [4.78, 5) is 54.6. The van der Waals surface area contributed by atoms with Crippen molar-refractivity contribution in [2.75, 3.05) is 37.4 Å². The largest absolute Gasteiger partial charge is 0.508 e. The second-order valence-corrected chi connectivity index (χ2v) is 10.5. The fraction of sp³-hybridized carbons (Fsp3) is 0.481. The van der Waals surface area contributed by atoms with E-state index in [1.54, 1.807) is 20.2 Å². The Morgan fingerprint density at radius 2 is 1.77 bits per heavy atom. The van der Waals surface area contributed by atoms with Crippen molar-refractivity contribution < 1.29 is 39.6 Å². The molecule has 0 bridgehead atoms. The van der Waals surface area contributed by atoms with E-state index in [0.29, 0.717) is 24.3 Å². The molecule has 39 heavy (non-hydrogen) atoms. The van der Waals surface area contributed by atoms with Crippen molar-refractivity contribution >= 4 is 40.5 Å². The van der Waals surface area contributed by atoms with Gasteiger partial charge in [0.05, 0.1) is 17.3 Å². The molecule has 1 aromatic rings. The monoisotopic (exact) mass is 542 g/mol. The standard InChI is InChI=1S/C27H34N4O8/c1-6-31(7-2)16-10-15(29-11(3)32)21(33)18-13(16)8-12-9-14-20(30(4)5)23(35)19(26(28)38)25(37)27(14,39)24(36)17(12)22(18)34/h10,12,14,20,33-34,37,39H,6-9H2,1-5H3,(H2,28,38)(H,29,32)/t12?,14?,20-,27?/m0/s1. The van der Waals surface area contributed by atoms with Gasteiger partial charge in [0.15, 0.2) is 11.4 Å². The predicted molar refractivity (Wildman–Crippen MR) is 142 cm³/mol. The molecule has 7 N–H and O–H groups in total. The molecular formula is C27H34N4O8. The number of ketones is 2. The zero-order valence-electron chi connectivity index (χ0n) is 22.5. The fourth-order valence-corrected chi connectivity index (χ4v) is 6.42. The third-order valence-electron chi connectivity index (χ3n) is 8.11. The van der Waals surface area contributed by atoms with Crippen LogP contribution in [-0.2, 0) is 25.6 Å². The Hall–Kier alpha value is -3.90. The van der Waals surface area contributed by atoms with E-state index in [1.165, 1.54) is 11.8 Å². The Kier molecular flexibility index (Phi) is 6.98. The molecule has 0 aromatic heterocycles. The highest BCUT2D eigenvalue weighted by Crippen LogP contribution is 2.54. The average molecular weight is 543 g/mol. The molecule has 1 aromatic carbocycles. The number of phenols is 1. The molecule has 12 nitrogen and oxygen atoms in total. The van der Waals surface area contributed by atoms with E-state index in [2.05, 4.69) is 5.32 Å². The summed E-state index contributed by atoms with van der Waals surface area (Å²) in [5.41, 5.74) is 2.67. The van der Waals surface area contributed by atoms with E-state index in [1.807, 2.05) is 18.7 Å². The van der Waals surface area contributed by atoms with Gasteiger partial charge in [-0.2, -0.15) is 0 Å². The van der Waals surface area contributed by atoms with Crippen LogP contribution in [0, 0.1) is 11.8 Å². The van der Waals surface area contributed by atoms with E-state index in [-0.39, 0.29) is 29.7 Å². The van der Waals surface area contributed by atoms with E-state index >= 15 is 0 Å². The zero-order chi connectivity index (χ0) is 29.1. The quantitative estimate of drug-likeness (QED) is 0.221. The Morgan fingerprint density at radius 1 is 1.15 bits per heavy atom. The summed E-state index contributed by atoms with van der Waals surface area (Å²) in [6.45, 7) is 6.26. The SMILES string of the molecule is CCN(CC)c1cc(NC(C)=O)c(O)c2c1CC1CC3[C@H](N(C)C)C(=O)C(C(N)=O)=C(O)C3(O)C(=O)C1=C2O. The molecule has 0 radical (unpaired) electrons. The summed E-state index contributed by atoms with van der Waals surface area (Å²) in [5, 5.41) is 47.8. The van der Waals surface area contributed by atoms with Crippen molar-refractivity contribution in [1.29, 1.82) is 0 Å². The summed E-state index contributed by atoms with van der Waals surface area (Å²) in [6.07, 6.45) is 0.159. The van der Waals surface area contributed by atoms with Crippen LogP contribution in [0.15, 0.2) is 23.0 Å². The van der Waals surface area contributed by atoms with E-state index < -0.39 is 69.7 Å². The van der Waals surface area contributed by atoms with Gasteiger partial charge < -0.3 is 36.4 Å². The van der Waals surface area contributed by atoms with Crippen LogP contribution in [0.25, 0.3) is 5.76 Å². The third-order valence-corrected chi connectivity index (χ3v) is 8.11. The van der Waals surface area contributed by atoms with Crippen LogP contribution >= 0.6 is 0 Å². The van der Waals surface area contributed by atoms with Crippen LogP contribution in [-0.4, -0.2) is 87.5 Å². The van der Waals surface area contributed by atoms with Crippen molar-refractivity contribution in [1.82, 2.24) is 4.90 Å². The van der Waals surface area contributed by atoms with Crippen molar-refractivity contribution in [3.63, 3.8) is 0 Å². The maximum atomic E-state index is 14.0. The van der Waals surface area contributed by atoms with Gasteiger partial charge in [-0.05, 0) is 58.3 Å². The Labute approximate surface area is 225 Å². The molecule has 3 unspecified atom stereocenters. The predicted octanol–water partition coefficient (Wildman–Crippen LogP) is 0.769. The number of anilines is 2. The van der Waals surface area contributed by atoms with Crippen molar-refractivity contribution in [2.45, 2.75) is 45.3 Å². The molecule has 2 amide bonds. The second kappa shape index (κ2) is 9.69. The highest BCUT2D eigenvalue weighted by Gasteiger charge is 2.64. The number of rotatable bonds is 6. The number of likely N-dealkylation sites (N-methyl/N-ethyl adjacent to an activating group) is 1. The first-order valence-electron chi connectivity index (χ1n) is 12.8. The third kappa shape index (κ3) is 3.97. The molecular weight excluding hydrogens is 508 g/mol. The normalized spacial score (nSPS) is 26.3. The average Bonchev–Trinajstić information content (AvgIpc) is 2.84. The van der Waals surface area contributed by atoms with Gasteiger partial charge in [0, 0.05) is 37.2 Å². The van der Waals surface area contributed by atoms with Gasteiger partial charge in [0.25, 0.3) is 5.91 Å². The van der Waals surface area contributed by atoms with E-state index in [0.717, 1.165) is 0 Å². The summed E-state index contributed by atoms with van der Waals surface area (Å²) in [6, 6.07) is 0.461. The van der Waals surface area contributed by atoms with Gasteiger partial charge in [-0.25, -0.2) is 0 Å². The molecule has 0 aliphatic heterocycles. The molecule has 3 aliphatic rings. The van der Waals surface area contributed by atoms with Gasteiger partial charge in [-0.3, -0.25) is 24.1 Å². The molecule has 210 valence electrons. The molecule has 4 atom stereocenters. The number of aliphatic hydroxyl groups excluding tert-OH is 2. The topological polar surface area (TPSA) is 194 Å². The maximum absolute atomic E-state index is 14.0. The molecule has 0 heterocycles. The van der Waals surface area contributed by atoms with Gasteiger partial charge >= 0.3 is 0 Å². The number of fused-ring (bicyclic) bond motifs is 3. The highest BCUT2D eigenvalue weighted by atomic mass is 16.3. The van der Waals surface area contributed by atoms with Crippen molar-refractivity contribution in [3.05, 3.63) is 34.1 Å². The molecule has 3 aliphatic carbocycles. The number of nitrogens with two attached hydrogens (primary N) is 1. The minimum absolute atomic E-state index is 0.00232. The van der Waals surface area contributed by atoms with Crippen molar-refractivity contribution in [2.24, 2.45) is 17.6 Å². The van der Waals surface area contributed by atoms with Crippen LogP contribution in [0.4, 0.5) is 11.4 Å². The van der Waals surface area contributed by atoms with Crippen LogP contribution in [0.2, 0.25) is 0 Å². The smallest absolute Gasteiger partial charge is 0.255 e. The minimum atomic E-state index is -2.71.